The monoisotopic (exact) mass is 360 g/mol. The zero-order valence-corrected chi connectivity index (χ0v) is 15.3. The largest absolute Gasteiger partial charge is 0.457 e. The lowest BCUT2D eigenvalue weighted by molar-refractivity contribution is 0.0467. The van der Waals surface area contributed by atoms with Crippen LogP contribution in [0, 0.1) is 25.5 Å². The highest BCUT2D eigenvalue weighted by Crippen LogP contribution is 2.24. The molecule has 6 heteroatoms. The summed E-state index contributed by atoms with van der Waals surface area (Å²) in [5.41, 5.74) is 2.65. The second kappa shape index (κ2) is 8.56. The molecule has 4 nitrogen and oxygen atoms in total. The molecule has 0 spiro atoms. The number of esters is 1. The molecule has 0 saturated carbocycles. The van der Waals surface area contributed by atoms with E-state index in [1.807, 2.05) is 25.8 Å². The van der Waals surface area contributed by atoms with Gasteiger partial charge >= 0.3 is 5.97 Å². The molecule has 0 amide bonds. The first-order valence-electron chi connectivity index (χ1n) is 8.28. The standard InChI is InChI=1S/C20H22F2N2O2/c1-5-24(4)12-23-19-9-13(2)17(8-14(19)3)20(25)26-11-15-10-16(21)6-7-18(15)22/h6-10,12H,5,11H2,1-4H3/b23-12+. The molecule has 0 aromatic heterocycles. The Bertz CT molecular complexity index is 835. The Kier molecular flexibility index (Phi) is 6.44. The number of hydrogen-bond acceptors (Lipinski definition) is 3. The number of carbonyl (C=O) groups excluding carboxylic acids is 1. The maximum absolute atomic E-state index is 13.6. The van der Waals surface area contributed by atoms with Crippen molar-refractivity contribution in [2.45, 2.75) is 27.4 Å². The van der Waals surface area contributed by atoms with Crippen molar-refractivity contribution < 1.29 is 18.3 Å². The van der Waals surface area contributed by atoms with E-state index in [0.29, 0.717) is 11.1 Å². The summed E-state index contributed by atoms with van der Waals surface area (Å²) in [6.07, 6.45) is 1.73. The van der Waals surface area contributed by atoms with Crippen LogP contribution in [0.4, 0.5) is 14.5 Å². The fraction of sp³-hybridized carbons (Fsp3) is 0.300. The molecular weight excluding hydrogens is 338 g/mol. The van der Waals surface area contributed by atoms with Crippen LogP contribution < -0.4 is 0 Å². The third-order valence-electron chi connectivity index (χ3n) is 4.02. The first-order valence-corrected chi connectivity index (χ1v) is 8.28. The summed E-state index contributed by atoms with van der Waals surface area (Å²) in [6, 6.07) is 6.53. The minimum Gasteiger partial charge on any atom is -0.457 e. The van der Waals surface area contributed by atoms with E-state index < -0.39 is 17.6 Å². The van der Waals surface area contributed by atoms with E-state index in [0.717, 1.165) is 36.0 Å². The Morgan fingerprint density at radius 2 is 1.92 bits per heavy atom. The minimum atomic E-state index is -0.614. The van der Waals surface area contributed by atoms with Gasteiger partial charge in [0.15, 0.2) is 0 Å². The van der Waals surface area contributed by atoms with E-state index in [9.17, 15) is 13.6 Å². The SMILES string of the molecule is CCN(C)/C=N/c1cc(C)c(C(=O)OCc2cc(F)ccc2F)cc1C. The quantitative estimate of drug-likeness (QED) is 0.431. The van der Waals surface area contributed by atoms with Crippen LogP contribution in [0.25, 0.3) is 0 Å². The van der Waals surface area contributed by atoms with Crippen LogP contribution in [0.15, 0.2) is 35.3 Å². The van der Waals surface area contributed by atoms with E-state index in [1.54, 1.807) is 25.4 Å². The van der Waals surface area contributed by atoms with Gasteiger partial charge in [0, 0.05) is 19.2 Å². The van der Waals surface area contributed by atoms with Gasteiger partial charge in [-0.3, -0.25) is 0 Å². The molecule has 0 radical (unpaired) electrons. The average Bonchev–Trinajstić information content (AvgIpc) is 2.62. The van der Waals surface area contributed by atoms with Gasteiger partial charge in [-0.05, 0) is 62.2 Å². The van der Waals surface area contributed by atoms with Crippen molar-refractivity contribution in [3.05, 3.63) is 64.2 Å². The highest BCUT2D eigenvalue weighted by molar-refractivity contribution is 5.92. The lowest BCUT2D eigenvalue weighted by Gasteiger charge is -2.12. The number of halogens is 2. The predicted octanol–water partition coefficient (Wildman–Crippen LogP) is 4.55. The topological polar surface area (TPSA) is 41.9 Å². The summed E-state index contributed by atoms with van der Waals surface area (Å²) in [6.45, 7) is 6.15. The summed E-state index contributed by atoms with van der Waals surface area (Å²) >= 11 is 0. The van der Waals surface area contributed by atoms with Gasteiger partial charge in [0.25, 0.3) is 0 Å². The van der Waals surface area contributed by atoms with Crippen LogP contribution >= 0.6 is 0 Å². The molecule has 2 rings (SSSR count). The zero-order valence-electron chi connectivity index (χ0n) is 15.3. The van der Waals surface area contributed by atoms with Crippen molar-refractivity contribution in [3.63, 3.8) is 0 Å². The van der Waals surface area contributed by atoms with E-state index in [1.165, 1.54) is 0 Å². The molecule has 0 N–H and O–H groups in total. The third-order valence-corrected chi connectivity index (χ3v) is 4.02. The molecule has 0 atom stereocenters. The highest BCUT2D eigenvalue weighted by atomic mass is 19.1. The summed E-state index contributed by atoms with van der Waals surface area (Å²) in [7, 11) is 1.92. The molecule has 0 unspecified atom stereocenters. The second-order valence-electron chi connectivity index (χ2n) is 6.08. The number of rotatable bonds is 6. The van der Waals surface area contributed by atoms with Crippen LogP contribution in [0.5, 0.6) is 0 Å². The fourth-order valence-corrected chi connectivity index (χ4v) is 2.28. The molecule has 0 saturated heterocycles. The van der Waals surface area contributed by atoms with Crippen molar-refractivity contribution in [1.29, 1.82) is 0 Å². The van der Waals surface area contributed by atoms with Crippen LogP contribution in [-0.4, -0.2) is 30.8 Å². The van der Waals surface area contributed by atoms with Crippen molar-refractivity contribution >= 4 is 18.0 Å². The predicted molar refractivity (Wildman–Crippen MR) is 97.8 cm³/mol. The molecule has 0 bridgehead atoms. The van der Waals surface area contributed by atoms with Gasteiger partial charge in [0.2, 0.25) is 0 Å². The Labute approximate surface area is 152 Å². The summed E-state index contributed by atoms with van der Waals surface area (Å²) < 4.78 is 32.0. The molecule has 0 aliphatic carbocycles. The number of hydrogen-bond donors (Lipinski definition) is 0. The van der Waals surface area contributed by atoms with Crippen molar-refractivity contribution in [1.82, 2.24) is 4.90 Å². The van der Waals surface area contributed by atoms with Gasteiger partial charge in [-0.1, -0.05) is 0 Å². The van der Waals surface area contributed by atoms with Crippen LogP contribution in [0.2, 0.25) is 0 Å². The van der Waals surface area contributed by atoms with Crippen molar-refractivity contribution in [3.8, 4) is 0 Å². The van der Waals surface area contributed by atoms with Crippen LogP contribution in [0.1, 0.15) is 34.0 Å². The number of aliphatic imine (C=N–C) groups is 1. The number of nitrogens with zero attached hydrogens (tertiary/aromatic N) is 2. The molecule has 0 aliphatic rings. The number of benzene rings is 2. The van der Waals surface area contributed by atoms with Gasteiger partial charge in [-0.15, -0.1) is 0 Å². The van der Waals surface area contributed by atoms with Gasteiger partial charge in [-0.25, -0.2) is 18.6 Å². The molecule has 0 fully saturated rings. The number of aryl methyl sites for hydroxylation is 2. The molecule has 2 aromatic carbocycles. The van der Waals surface area contributed by atoms with E-state index in [-0.39, 0.29) is 12.2 Å². The van der Waals surface area contributed by atoms with Crippen molar-refractivity contribution in [2.75, 3.05) is 13.6 Å². The Hall–Kier alpha value is -2.76. The molecular formula is C20H22F2N2O2. The zero-order chi connectivity index (χ0) is 19.3. The molecule has 0 heterocycles. The lowest BCUT2D eigenvalue weighted by atomic mass is 10.0. The van der Waals surface area contributed by atoms with Crippen molar-refractivity contribution in [2.24, 2.45) is 4.99 Å². The number of ether oxygens (including phenoxy) is 1. The third kappa shape index (κ3) is 4.88. The Balaban J connectivity index is 2.15. The normalized spacial score (nSPS) is 11.0. The summed E-state index contributed by atoms with van der Waals surface area (Å²) in [5, 5.41) is 0. The fourth-order valence-electron chi connectivity index (χ4n) is 2.28. The highest BCUT2D eigenvalue weighted by Gasteiger charge is 2.14. The average molecular weight is 360 g/mol. The van der Waals surface area contributed by atoms with E-state index >= 15 is 0 Å². The summed E-state index contributed by atoms with van der Waals surface area (Å²) in [5.74, 6) is -1.78. The van der Waals surface area contributed by atoms with Gasteiger partial charge in [0.1, 0.15) is 18.2 Å². The van der Waals surface area contributed by atoms with E-state index in [4.69, 9.17) is 4.74 Å². The molecule has 26 heavy (non-hydrogen) atoms. The smallest absolute Gasteiger partial charge is 0.338 e. The van der Waals surface area contributed by atoms with Crippen LogP contribution in [0.3, 0.4) is 0 Å². The first-order chi connectivity index (χ1) is 12.3. The Morgan fingerprint density at radius 3 is 2.62 bits per heavy atom. The maximum atomic E-state index is 13.6. The van der Waals surface area contributed by atoms with Gasteiger partial charge in [0.05, 0.1) is 17.6 Å². The van der Waals surface area contributed by atoms with Gasteiger partial charge < -0.3 is 9.64 Å². The van der Waals surface area contributed by atoms with E-state index in [2.05, 4.69) is 4.99 Å². The first kappa shape index (κ1) is 19.6. The Morgan fingerprint density at radius 1 is 1.19 bits per heavy atom. The number of carbonyl (C=O) groups is 1. The maximum Gasteiger partial charge on any atom is 0.338 e. The summed E-state index contributed by atoms with van der Waals surface area (Å²) in [4.78, 5) is 18.7. The molecule has 138 valence electrons. The lowest BCUT2D eigenvalue weighted by Crippen LogP contribution is -2.14. The minimum absolute atomic E-state index is 0.00320. The molecule has 0 aliphatic heterocycles. The second-order valence-corrected chi connectivity index (χ2v) is 6.08. The van der Waals surface area contributed by atoms with Crippen LogP contribution in [-0.2, 0) is 11.3 Å². The van der Waals surface area contributed by atoms with Gasteiger partial charge in [-0.2, -0.15) is 0 Å². The molecule has 2 aromatic rings.